The molecule has 146 valence electrons. The van der Waals surface area contributed by atoms with Gasteiger partial charge in [-0.1, -0.05) is 34.8 Å². The molecule has 2 aromatic rings. The van der Waals surface area contributed by atoms with Crippen molar-refractivity contribution in [1.29, 1.82) is 0 Å². The Morgan fingerprint density at radius 1 is 0.815 bits per heavy atom. The van der Waals surface area contributed by atoms with Gasteiger partial charge in [0.15, 0.2) is 0 Å². The van der Waals surface area contributed by atoms with E-state index in [4.69, 9.17) is 0 Å². The Morgan fingerprint density at radius 2 is 1.44 bits per heavy atom. The number of halogens is 1. The lowest BCUT2D eigenvalue weighted by molar-refractivity contribution is 0.424. The smallest absolute Gasteiger partial charge is 0.261 e. The van der Waals surface area contributed by atoms with Crippen molar-refractivity contribution in [3.63, 3.8) is 0 Å². The highest BCUT2D eigenvalue weighted by Crippen LogP contribution is 2.24. The largest absolute Gasteiger partial charge is 0.280 e. The lowest BCUT2D eigenvalue weighted by atomic mass is 10.2. The third kappa shape index (κ3) is 4.90. The third-order valence-electron chi connectivity index (χ3n) is 4.42. The van der Waals surface area contributed by atoms with Crippen LogP contribution in [0.1, 0.15) is 25.7 Å². The Hall–Kier alpha value is -1.42. The maximum Gasteiger partial charge on any atom is 0.261 e. The highest BCUT2D eigenvalue weighted by Gasteiger charge is 2.25. The molecule has 1 heterocycles. The molecule has 27 heavy (non-hydrogen) atoms. The van der Waals surface area contributed by atoms with E-state index in [-0.39, 0.29) is 9.79 Å². The number of sulfonamides is 2. The summed E-state index contributed by atoms with van der Waals surface area (Å²) >= 11 is 3.25. The van der Waals surface area contributed by atoms with Crippen molar-refractivity contribution in [3.05, 3.63) is 53.0 Å². The molecule has 1 saturated heterocycles. The Kier molecular flexibility index (Phi) is 6.25. The van der Waals surface area contributed by atoms with Crippen LogP contribution in [0, 0.1) is 0 Å². The summed E-state index contributed by atoms with van der Waals surface area (Å²) in [5, 5.41) is 0. The number of nitrogens with one attached hydrogen (secondary N) is 1. The summed E-state index contributed by atoms with van der Waals surface area (Å²) in [7, 11) is -7.30. The van der Waals surface area contributed by atoms with Gasteiger partial charge in [0, 0.05) is 23.2 Å². The van der Waals surface area contributed by atoms with Gasteiger partial charge in [-0.2, -0.15) is 4.31 Å². The fraction of sp³-hybridized carbons (Fsp3) is 0.333. The number of anilines is 1. The molecule has 0 saturated carbocycles. The van der Waals surface area contributed by atoms with Crippen molar-refractivity contribution in [1.82, 2.24) is 4.31 Å². The SMILES string of the molecule is O=S(=O)(Nc1ccc(S(=O)(=O)N2CCCCCC2)cc1)c1cccc(Br)c1. The zero-order valence-electron chi connectivity index (χ0n) is 14.6. The summed E-state index contributed by atoms with van der Waals surface area (Å²) in [6.07, 6.45) is 3.82. The third-order valence-corrected chi connectivity index (χ3v) is 8.20. The predicted octanol–water partition coefficient (Wildman–Crippen LogP) is 3.81. The van der Waals surface area contributed by atoms with Crippen LogP contribution in [-0.4, -0.2) is 34.2 Å². The Morgan fingerprint density at radius 3 is 2.04 bits per heavy atom. The summed E-state index contributed by atoms with van der Waals surface area (Å²) in [6.45, 7) is 1.05. The Balaban J connectivity index is 1.79. The van der Waals surface area contributed by atoms with Gasteiger partial charge >= 0.3 is 0 Å². The molecule has 9 heteroatoms. The van der Waals surface area contributed by atoms with E-state index in [0.717, 1.165) is 25.7 Å². The van der Waals surface area contributed by atoms with Crippen molar-refractivity contribution in [2.24, 2.45) is 0 Å². The van der Waals surface area contributed by atoms with Crippen LogP contribution in [0.25, 0.3) is 0 Å². The van der Waals surface area contributed by atoms with Gasteiger partial charge in [-0.25, -0.2) is 16.8 Å². The van der Waals surface area contributed by atoms with Crippen LogP contribution in [0.3, 0.4) is 0 Å². The van der Waals surface area contributed by atoms with Crippen LogP contribution in [-0.2, 0) is 20.0 Å². The minimum Gasteiger partial charge on any atom is -0.280 e. The molecule has 3 rings (SSSR count). The molecule has 0 aromatic heterocycles. The van der Waals surface area contributed by atoms with E-state index in [1.807, 2.05) is 0 Å². The van der Waals surface area contributed by atoms with Crippen LogP contribution in [0.4, 0.5) is 5.69 Å². The molecule has 0 radical (unpaired) electrons. The molecule has 0 bridgehead atoms. The number of nitrogens with zero attached hydrogens (tertiary/aromatic N) is 1. The van der Waals surface area contributed by atoms with Crippen LogP contribution in [0.2, 0.25) is 0 Å². The maximum atomic E-state index is 12.8. The molecular formula is C18H21BrN2O4S2. The summed E-state index contributed by atoms with van der Waals surface area (Å²) in [5.41, 5.74) is 0.310. The Bertz CT molecular complexity index is 998. The molecule has 0 atom stereocenters. The highest BCUT2D eigenvalue weighted by atomic mass is 79.9. The molecule has 6 nitrogen and oxygen atoms in total. The van der Waals surface area contributed by atoms with Gasteiger partial charge in [-0.15, -0.1) is 0 Å². The standard InChI is InChI=1S/C18H21BrN2O4S2/c19-15-6-5-7-18(14-15)26(22,23)20-16-8-10-17(11-9-16)27(24,25)21-12-3-1-2-4-13-21/h5-11,14,20H,1-4,12-13H2. The van der Waals surface area contributed by atoms with Gasteiger partial charge < -0.3 is 0 Å². The fourth-order valence-electron chi connectivity index (χ4n) is 2.97. The lowest BCUT2D eigenvalue weighted by Crippen LogP contribution is -2.31. The molecular weight excluding hydrogens is 452 g/mol. The number of hydrogen-bond donors (Lipinski definition) is 1. The molecule has 0 aliphatic carbocycles. The van der Waals surface area contributed by atoms with E-state index < -0.39 is 20.0 Å². The lowest BCUT2D eigenvalue weighted by Gasteiger charge is -2.20. The van der Waals surface area contributed by atoms with E-state index in [9.17, 15) is 16.8 Å². The normalized spacial score (nSPS) is 16.6. The van der Waals surface area contributed by atoms with E-state index in [1.165, 1.54) is 40.7 Å². The second-order valence-electron chi connectivity index (χ2n) is 6.41. The molecule has 0 unspecified atom stereocenters. The zero-order valence-corrected chi connectivity index (χ0v) is 17.9. The average molecular weight is 473 g/mol. The first-order valence-electron chi connectivity index (χ1n) is 8.68. The molecule has 0 spiro atoms. The number of hydrogen-bond acceptors (Lipinski definition) is 4. The maximum absolute atomic E-state index is 12.8. The molecule has 1 aliphatic rings. The Labute approximate surface area is 168 Å². The van der Waals surface area contributed by atoms with Crippen molar-refractivity contribution < 1.29 is 16.8 Å². The highest BCUT2D eigenvalue weighted by molar-refractivity contribution is 9.10. The van der Waals surface area contributed by atoms with Crippen molar-refractivity contribution in [2.45, 2.75) is 35.5 Å². The summed E-state index contributed by atoms with van der Waals surface area (Å²) < 4.78 is 55.1. The van der Waals surface area contributed by atoms with Gasteiger partial charge in [-0.3, -0.25) is 4.72 Å². The molecule has 1 aliphatic heterocycles. The van der Waals surface area contributed by atoms with Crippen molar-refractivity contribution >= 4 is 41.7 Å². The van der Waals surface area contributed by atoms with Crippen molar-refractivity contribution in [2.75, 3.05) is 17.8 Å². The molecule has 0 amide bonds. The minimum atomic E-state index is -3.75. The monoisotopic (exact) mass is 472 g/mol. The van der Waals surface area contributed by atoms with Gasteiger partial charge in [-0.05, 0) is 55.3 Å². The van der Waals surface area contributed by atoms with E-state index in [0.29, 0.717) is 23.2 Å². The quantitative estimate of drug-likeness (QED) is 0.716. The molecule has 2 aromatic carbocycles. The fourth-order valence-corrected chi connectivity index (χ4v) is 6.15. The van der Waals surface area contributed by atoms with Gasteiger partial charge in [0.2, 0.25) is 10.0 Å². The first-order valence-corrected chi connectivity index (χ1v) is 12.4. The second kappa shape index (κ2) is 8.30. The molecule has 1 fully saturated rings. The summed E-state index contributed by atoms with van der Waals surface area (Å²) in [5.74, 6) is 0. The molecule has 1 N–H and O–H groups in total. The van der Waals surface area contributed by atoms with Gasteiger partial charge in [0.05, 0.1) is 9.79 Å². The average Bonchev–Trinajstić information content (AvgIpc) is 2.92. The van der Waals surface area contributed by atoms with E-state index in [1.54, 1.807) is 12.1 Å². The van der Waals surface area contributed by atoms with Crippen molar-refractivity contribution in [3.8, 4) is 0 Å². The first kappa shape index (κ1) is 20.3. The zero-order chi connectivity index (χ0) is 19.5. The van der Waals surface area contributed by atoms with Gasteiger partial charge in [0.1, 0.15) is 0 Å². The van der Waals surface area contributed by atoms with E-state index >= 15 is 0 Å². The van der Waals surface area contributed by atoms with Crippen LogP contribution in [0.15, 0.2) is 62.8 Å². The van der Waals surface area contributed by atoms with Crippen LogP contribution >= 0.6 is 15.9 Å². The number of rotatable bonds is 5. The van der Waals surface area contributed by atoms with Crippen LogP contribution in [0.5, 0.6) is 0 Å². The predicted molar refractivity (Wildman–Crippen MR) is 109 cm³/mol. The number of benzene rings is 2. The van der Waals surface area contributed by atoms with E-state index in [2.05, 4.69) is 20.7 Å². The van der Waals surface area contributed by atoms with Crippen LogP contribution < -0.4 is 4.72 Å². The summed E-state index contributed by atoms with van der Waals surface area (Å²) in [4.78, 5) is 0.299. The minimum absolute atomic E-state index is 0.123. The van der Waals surface area contributed by atoms with Gasteiger partial charge in [0.25, 0.3) is 10.0 Å². The topological polar surface area (TPSA) is 83.5 Å². The second-order valence-corrected chi connectivity index (χ2v) is 10.9. The first-order chi connectivity index (χ1) is 12.8. The summed E-state index contributed by atoms with van der Waals surface area (Å²) in [6, 6.07) is 12.2.